The van der Waals surface area contributed by atoms with Gasteiger partial charge in [-0.1, -0.05) is 339 Å². The van der Waals surface area contributed by atoms with Gasteiger partial charge >= 0.3 is 17.9 Å². The van der Waals surface area contributed by atoms with Gasteiger partial charge in [0.2, 0.25) is 0 Å². The van der Waals surface area contributed by atoms with Gasteiger partial charge in [0.15, 0.2) is 0 Å². The van der Waals surface area contributed by atoms with Gasteiger partial charge in [-0.25, -0.2) is 4.89 Å². The second-order valence-corrected chi connectivity index (χ2v) is 36.2. The lowest BCUT2D eigenvalue weighted by atomic mass is 9.82. The van der Waals surface area contributed by atoms with Crippen molar-refractivity contribution in [2.24, 2.45) is 27.6 Å². The van der Waals surface area contributed by atoms with E-state index in [4.69, 9.17) is 19.5 Å². The SMILES string of the molecule is C.C.C.C.C.C.C.C.C.C.C.C.C.C.CCC(C)(C)C(=O)CCOC(=O)C(C)(C)CC.CCC(C)(C)C(=O)OCCC(OO)C(C)(C)CC.CCC(C)c1ccc(C[N+](C)(C)C)cc1.CCC(C)c1ccc(C[N+](C)(C)C)cc1.CCC(C)c1ccc(C[N+]23CC[N+](Cc4ccc(C(C)CC)cc4)(CC2)CC3)cc1.CCCCOC(=O)C(C)CC.[Br-].[Cl-]. The van der Waals surface area contributed by atoms with Gasteiger partial charge in [-0.3, -0.25) is 24.4 Å². The first-order valence-electron chi connectivity index (χ1n) is 41.4. The van der Waals surface area contributed by atoms with E-state index in [-0.39, 0.29) is 193 Å². The maximum atomic E-state index is 11.8. The molecule has 0 aliphatic carbocycles. The molecule has 7 rings (SSSR count). The number of piperazine rings is 3. The van der Waals surface area contributed by atoms with Gasteiger partial charge in [0.1, 0.15) is 77.3 Å². The number of esters is 3. The maximum absolute atomic E-state index is 11.8. The van der Waals surface area contributed by atoms with Crippen LogP contribution in [0.2, 0.25) is 0 Å². The molecule has 3 saturated heterocycles. The molecule has 0 aromatic heterocycles. The van der Waals surface area contributed by atoms with Crippen molar-refractivity contribution in [1.29, 1.82) is 0 Å². The van der Waals surface area contributed by atoms with Gasteiger partial charge in [-0.15, -0.1) is 0 Å². The number of quaternary nitrogens is 4. The van der Waals surface area contributed by atoms with Crippen LogP contribution in [0.5, 0.6) is 0 Å². The van der Waals surface area contributed by atoms with E-state index in [0.29, 0.717) is 43.1 Å². The van der Waals surface area contributed by atoms with E-state index >= 15 is 0 Å². The lowest BCUT2D eigenvalue weighted by Gasteiger charge is -2.55. The molecule has 4 aromatic rings. The van der Waals surface area contributed by atoms with Crippen LogP contribution in [0.1, 0.15) is 415 Å². The lowest BCUT2D eigenvalue weighted by molar-refractivity contribution is -1.09. The van der Waals surface area contributed by atoms with Crippen molar-refractivity contribution in [3.63, 3.8) is 0 Å². The first kappa shape index (κ1) is 155. The van der Waals surface area contributed by atoms with Crippen LogP contribution in [0.3, 0.4) is 0 Å². The zero-order valence-electron chi connectivity index (χ0n) is 74.3. The summed E-state index contributed by atoms with van der Waals surface area (Å²) in [5.41, 5.74) is 10.5. The van der Waals surface area contributed by atoms with Crippen molar-refractivity contribution < 1.29 is 90.9 Å². The zero-order chi connectivity index (χ0) is 80.9. The van der Waals surface area contributed by atoms with Crippen LogP contribution in [0.25, 0.3) is 0 Å². The molecule has 0 saturated carbocycles. The van der Waals surface area contributed by atoms with Crippen molar-refractivity contribution in [1.82, 2.24) is 0 Å². The molecule has 3 fully saturated rings. The third kappa shape index (κ3) is 58.0. The highest BCUT2D eigenvalue weighted by atomic mass is 79.9. The van der Waals surface area contributed by atoms with Gasteiger partial charge in [-0.05, 0) is 143 Å². The largest absolute Gasteiger partial charge is 1.00 e. The molecule has 0 amide bonds. The topological polar surface area (TPSA) is 125 Å². The van der Waals surface area contributed by atoms with Gasteiger partial charge in [-0.2, -0.15) is 0 Å². The van der Waals surface area contributed by atoms with Crippen LogP contribution in [-0.4, -0.2) is 154 Å². The Morgan fingerprint density at radius 2 is 0.656 bits per heavy atom. The molecule has 3 aliphatic heterocycles. The van der Waals surface area contributed by atoms with E-state index < -0.39 is 10.8 Å². The molecule has 6 atom stereocenters. The molecular formula is C107H218BrClN4O9+2. The molecule has 3 heterocycles. The number of carbonyl (C=O) groups excluding carboxylic acids is 4. The molecule has 1 N–H and O–H groups in total. The van der Waals surface area contributed by atoms with Gasteiger partial charge in [0.25, 0.3) is 0 Å². The second kappa shape index (κ2) is 75.5. The molecule has 0 radical (unpaired) electrons. The third-order valence-electron chi connectivity index (χ3n) is 23.5. The van der Waals surface area contributed by atoms with Crippen molar-refractivity contribution >= 4 is 23.7 Å². The number of rotatable bonds is 36. The summed E-state index contributed by atoms with van der Waals surface area (Å²) >= 11 is 0. The maximum Gasteiger partial charge on any atom is 0.311 e. The average molecular weight is 1820 g/mol. The van der Waals surface area contributed by atoms with Gasteiger partial charge < -0.3 is 61.5 Å². The number of fused-ring (bicyclic) bond motifs is 3. The number of ether oxygens (including phenoxy) is 3. The Kier molecular flexibility index (Phi) is 95.7. The summed E-state index contributed by atoms with van der Waals surface area (Å²) < 4.78 is 20.0. The zero-order valence-corrected chi connectivity index (χ0v) is 76.7. The summed E-state index contributed by atoms with van der Waals surface area (Å²) in [5, 5.41) is 8.92. The fourth-order valence-corrected chi connectivity index (χ4v) is 12.2. The van der Waals surface area contributed by atoms with Gasteiger partial charge in [0, 0.05) is 40.5 Å². The van der Waals surface area contributed by atoms with E-state index in [0.717, 1.165) is 67.0 Å². The molecule has 4 aromatic carbocycles. The number of hydrogen-bond acceptors (Lipinski definition) is 9. The Morgan fingerprint density at radius 3 is 0.885 bits per heavy atom. The number of nitrogens with zero attached hydrogens (tertiary/aromatic N) is 4. The highest BCUT2D eigenvalue weighted by Gasteiger charge is 2.49. The van der Waals surface area contributed by atoms with Crippen molar-refractivity contribution in [3.8, 4) is 0 Å². The lowest BCUT2D eigenvalue weighted by Crippen LogP contribution is -3.00. The highest BCUT2D eigenvalue weighted by molar-refractivity contribution is 5.84. The van der Waals surface area contributed by atoms with E-state index in [9.17, 15) is 19.2 Å². The number of halogens is 2. The molecule has 0 spiro atoms. The normalized spacial score (nSPS) is 15.2. The average Bonchev–Trinajstić information content (AvgIpc) is 0.755. The molecule has 732 valence electrons. The first-order chi connectivity index (χ1) is 49.4. The summed E-state index contributed by atoms with van der Waals surface area (Å²) in [6.07, 6.45) is 11.5. The van der Waals surface area contributed by atoms with Crippen LogP contribution in [0, 0.1) is 27.6 Å². The summed E-state index contributed by atoms with van der Waals surface area (Å²) in [5.74, 6) is 2.46. The monoisotopic (exact) mass is 1820 g/mol. The van der Waals surface area contributed by atoms with Crippen molar-refractivity contribution in [2.45, 2.75) is 403 Å². The smallest absolute Gasteiger partial charge is 0.311 e. The van der Waals surface area contributed by atoms with E-state index in [1.54, 1.807) is 0 Å². The quantitative estimate of drug-likeness (QED) is 0.0118. The van der Waals surface area contributed by atoms with Crippen LogP contribution in [-0.2, 0) is 64.5 Å². The van der Waals surface area contributed by atoms with Crippen LogP contribution in [0.15, 0.2) is 97.1 Å². The Morgan fingerprint density at radius 1 is 0.385 bits per heavy atom. The highest BCUT2D eigenvalue weighted by Crippen LogP contribution is 2.34. The number of ketones is 1. The molecule has 2 bridgehead atoms. The standard InChI is InChI=1S/C28H42N2.2C14H24N.C14H28O4.C14H26O3.C9H18O2.14CH4.BrH.ClH/c1-5-23(3)27-11-7-25(8-12-27)21-29-15-18-30(19-16-29,20-17-29)22-26-9-13-28(14-10-26)24(4)6-2;2*1-6-12(2)14-9-7-13(8-10-14)11-15(3,4)5;1-7-13(3,4)11(18-16)9-10-17-12(15)14(5,6)8-2;1-7-13(3,4)11(15)9-10-17-12(16)14(5,6)8-2;1-4-6-7-11-9(10)8(3)5-2;;;;;;;;;;;;;;;;/h7-14,23-24H,5-6,15-22H2,1-4H3;2*7-10,12H,6,11H2,1-5H3;11,16H,7-10H2,1-6H3;7-10H2,1-6H3;8H,4-7H2,1-3H3;14*1H4;2*1H/q+2;2*+1;;;;;;;;;;;;;;;;;;;/p-2. The number of carbonyl (C=O) groups is 4. The van der Waals surface area contributed by atoms with Crippen LogP contribution in [0.4, 0.5) is 0 Å². The van der Waals surface area contributed by atoms with Crippen molar-refractivity contribution in [3.05, 3.63) is 142 Å². The Hall–Kier alpha value is -4.51. The molecule has 15 heteroatoms. The second-order valence-electron chi connectivity index (χ2n) is 36.2. The molecular weight excluding hydrogens is 1600 g/mol. The number of unbranched alkanes of at least 4 members (excludes halogenated alkanes) is 1. The fraction of sp³-hybridized carbons (Fsp3) is 0.738. The van der Waals surface area contributed by atoms with E-state index in [2.05, 4.69) is 207 Å². The molecule has 3 aliphatic rings. The summed E-state index contributed by atoms with van der Waals surface area (Å²) in [6.45, 7) is 61.3. The van der Waals surface area contributed by atoms with Crippen molar-refractivity contribution in [2.75, 3.05) is 101 Å². The summed E-state index contributed by atoms with van der Waals surface area (Å²) in [4.78, 5) is 50.8. The summed E-state index contributed by atoms with van der Waals surface area (Å²) in [6, 6.07) is 37.3. The van der Waals surface area contributed by atoms with Gasteiger partial charge in [0.05, 0.1) is 78.9 Å². The Bertz CT molecular complexity index is 2890. The predicted molar refractivity (Wildman–Crippen MR) is 541 cm³/mol. The van der Waals surface area contributed by atoms with Crippen LogP contribution >= 0.6 is 0 Å². The molecule has 13 nitrogen and oxygen atoms in total. The minimum absolute atomic E-state index is 0. The predicted octanol–water partition coefficient (Wildman–Crippen LogP) is 25.2. The molecule has 122 heavy (non-hydrogen) atoms. The number of benzene rings is 4. The summed E-state index contributed by atoms with van der Waals surface area (Å²) in [7, 11) is 13.3. The molecule has 6 unspecified atom stereocenters. The minimum atomic E-state index is -0.455. The van der Waals surface area contributed by atoms with E-state index in [1.807, 2.05) is 96.9 Å². The van der Waals surface area contributed by atoms with E-state index in [1.165, 1.54) is 132 Å². The minimum Gasteiger partial charge on any atom is -1.00 e. The number of Topliss-reactive ketones (excluding diaryl/α,β-unsaturated/α-hetero) is 1. The van der Waals surface area contributed by atoms with Crippen LogP contribution < -0.4 is 29.4 Å². The fourth-order valence-electron chi connectivity index (χ4n) is 12.2. The first-order valence-corrected chi connectivity index (χ1v) is 41.4. The Labute approximate surface area is 782 Å². The Balaban J connectivity index is -0.0000000791. The number of hydrogen-bond donors (Lipinski definition) is 1. The third-order valence-corrected chi connectivity index (χ3v) is 23.5.